The number of rotatable bonds is 4. The van der Waals surface area contributed by atoms with Crippen molar-refractivity contribution in [1.82, 2.24) is 15.1 Å². The van der Waals surface area contributed by atoms with Crippen LogP contribution in [0.15, 0.2) is 12.4 Å². The highest BCUT2D eigenvalue weighted by Crippen LogP contribution is 2.04. The molecule has 0 radical (unpaired) electrons. The first-order chi connectivity index (χ1) is 7.52. The molecule has 1 heterocycles. The fraction of sp³-hybridized carbons (Fsp3) is 0.444. The van der Waals surface area contributed by atoms with Gasteiger partial charge in [-0.05, 0) is 6.92 Å². The van der Waals surface area contributed by atoms with Gasteiger partial charge in [0.1, 0.15) is 6.54 Å². The van der Waals surface area contributed by atoms with Gasteiger partial charge in [-0.25, -0.2) is 0 Å². The minimum atomic E-state index is -0.581. The van der Waals surface area contributed by atoms with Crippen LogP contribution >= 0.6 is 0 Å². The summed E-state index contributed by atoms with van der Waals surface area (Å²) in [7, 11) is 1.55. The lowest BCUT2D eigenvalue weighted by Crippen LogP contribution is -2.32. The zero-order valence-electron chi connectivity index (χ0n) is 9.23. The Bertz CT molecular complexity index is 385. The van der Waals surface area contributed by atoms with Gasteiger partial charge in [0.25, 0.3) is 0 Å². The minimum Gasteiger partial charge on any atom is -0.358 e. The molecule has 0 saturated heterocycles. The lowest BCUT2D eigenvalue weighted by molar-refractivity contribution is -0.121. The van der Waals surface area contributed by atoms with Gasteiger partial charge in [0, 0.05) is 13.2 Å². The first-order valence-electron chi connectivity index (χ1n) is 4.82. The molecule has 1 atom stereocenters. The maximum atomic E-state index is 11.2. The first-order valence-corrected chi connectivity index (χ1v) is 4.82. The fourth-order valence-corrected chi connectivity index (χ4v) is 0.997. The number of hydrogen-bond acceptors (Lipinski definition) is 4. The lowest BCUT2D eigenvalue weighted by Gasteiger charge is -2.04. The first kappa shape index (κ1) is 12.2. The molecule has 0 bridgehead atoms. The topological polar surface area (TPSA) is 102 Å². The molecule has 7 heteroatoms. The summed E-state index contributed by atoms with van der Waals surface area (Å²) >= 11 is 0. The molecular weight excluding hydrogens is 210 g/mol. The van der Waals surface area contributed by atoms with E-state index >= 15 is 0 Å². The number of amides is 2. The number of carbonyl (C=O) groups excluding carboxylic acids is 2. The number of nitrogens with zero attached hydrogens (tertiary/aromatic N) is 2. The summed E-state index contributed by atoms with van der Waals surface area (Å²) in [5, 5.41) is 8.97. The summed E-state index contributed by atoms with van der Waals surface area (Å²) in [6, 6.07) is -0.581. The van der Waals surface area contributed by atoms with E-state index in [9.17, 15) is 9.59 Å². The van der Waals surface area contributed by atoms with E-state index in [-0.39, 0.29) is 18.4 Å². The molecule has 1 rings (SSSR count). The van der Waals surface area contributed by atoms with E-state index in [4.69, 9.17) is 5.73 Å². The van der Waals surface area contributed by atoms with E-state index in [0.717, 1.165) is 0 Å². The zero-order chi connectivity index (χ0) is 12.1. The van der Waals surface area contributed by atoms with Crippen molar-refractivity contribution in [1.29, 1.82) is 0 Å². The van der Waals surface area contributed by atoms with Gasteiger partial charge in [-0.15, -0.1) is 0 Å². The van der Waals surface area contributed by atoms with Gasteiger partial charge in [0.2, 0.25) is 11.8 Å². The predicted molar refractivity (Wildman–Crippen MR) is 58.6 cm³/mol. The second-order valence-electron chi connectivity index (χ2n) is 3.38. The number of hydrogen-bond donors (Lipinski definition) is 3. The largest absolute Gasteiger partial charge is 0.358 e. The van der Waals surface area contributed by atoms with Crippen LogP contribution in [0.1, 0.15) is 6.92 Å². The smallest absolute Gasteiger partial charge is 0.241 e. The van der Waals surface area contributed by atoms with Crippen LogP contribution in [-0.4, -0.2) is 34.7 Å². The number of carbonyl (C=O) groups is 2. The number of aromatic nitrogens is 2. The van der Waals surface area contributed by atoms with Crippen LogP contribution in [-0.2, 0) is 16.1 Å². The Labute approximate surface area is 93.0 Å². The summed E-state index contributed by atoms with van der Waals surface area (Å²) in [6.07, 6.45) is 3.03. The van der Waals surface area contributed by atoms with Gasteiger partial charge in [-0.2, -0.15) is 5.10 Å². The van der Waals surface area contributed by atoms with E-state index in [1.807, 2.05) is 0 Å². The van der Waals surface area contributed by atoms with Gasteiger partial charge in [0.15, 0.2) is 0 Å². The fourth-order valence-electron chi connectivity index (χ4n) is 0.997. The second-order valence-corrected chi connectivity index (χ2v) is 3.38. The molecule has 4 N–H and O–H groups in total. The Morgan fingerprint density at radius 1 is 1.62 bits per heavy atom. The number of anilines is 1. The summed E-state index contributed by atoms with van der Waals surface area (Å²) in [6.45, 7) is 1.70. The van der Waals surface area contributed by atoms with Gasteiger partial charge in [-0.3, -0.25) is 14.3 Å². The molecule has 2 amide bonds. The van der Waals surface area contributed by atoms with Crippen LogP contribution in [0.25, 0.3) is 0 Å². The lowest BCUT2D eigenvalue weighted by atomic mass is 10.3. The van der Waals surface area contributed by atoms with Crippen molar-refractivity contribution in [2.75, 3.05) is 12.4 Å². The second kappa shape index (κ2) is 5.26. The third kappa shape index (κ3) is 3.35. The van der Waals surface area contributed by atoms with Crippen LogP contribution in [0.4, 0.5) is 5.69 Å². The quantitative estimate of drug-likeness (QED) is 0.606. The highest BCUT2D eigenvalue weighted by Gasteiger charge is 2.09. The molecule has 0 aliphatic rings. The van der Waals surface area contributed by atoms with Crippen molar-refractivity contribution in [3.05, 3.63) is 12.4 Å². The van der Waals surface area contributed by atoms with Crippen molar-refractivity contribution >= 4 is 17.5 Å². The van der Waals surface area contributed by atoms with Crippen molar-refractivity contribution in [3.8, 4) is 0 Å². The van der Waals surface area contributed by atoms with E-state index in [0.29, 0.717) is 5.69 Å². The van der Waals surface area contributed by atoms with Crippen LogP contribution in [0.3, 0.4) is 0 Å². The van der Waals surface area contributed by atoms with Gasteiger partial charge >= 0.3 is 0 Å². The average Bonchev–Trinajstić information content (AvgIpc) is 2.65. The van der Waals surface area contributed by atoms with Crippen molar-refractivity contribution in [2.45, 2.75) is 19.5 Å². The summed E-state index contributed by atoms with van der Waals surface area (Å²) in [4.78, 5) is 22.3. The monoisotopic (exact) mass is 225 g/mol. The summed E-state index contributed by atoms with van der Waals surface area (Å²) in [5.74, 6) is -0.451. The molecule has 0 spiro atoms. The van der Waals surface area contributed by atoms with Crippen LogP contribution in [0.5, 0.6) is 0 Å². The highest BCUT2D eigenvalue weighted by molar-refractivity contribution is 5.94. The highest BCUT2D eigenvalue weighted by atomic mass is 16.2. The Morgan fingerprint density at radius 2 is 2.31 bits per heavy atom. The number of nitrogens with two attached hydrogens (primary N) is 1. The summed E-state index contributed by atoms with van der Waals surface area (Å²) in [5.41, 5.74) is 5.91. The molecule has 88 valence electrons. The number of nitrogens with one attached hydrogen (secondary N) is 2. The van der Waals surface area contributed by atoms with Crippen molar-refractivity contribution in [2.24, 2.45) is 5.73 Å². The zero-order valence-corrected chi connectivity index (χ0v) is 9.23. The number of likely N-dealkylation sites (N-methyl/N-ethyl adjacent to an activating group) is 1. The Morgan fingerprint density at radius 3 is 2.88 bits per heavy atom. The third-order valence-corrected chi connectivity index (χ3v) is 1.90. The van der Waals surface area contributed by atoms with Crippen molar-refractivity contribution < 1.29 is 9.59 Å². The molecular formula is C9H15N5O2. The van der Waals surface area contributed by atoms with E-state index in [2.05, 4.69) is 15.7 Å². The normalized spacial score (nSPS) is 11.9. The predicted octanol–water partition coefficient (Wildman–Crippen LogP) is -1.09. The van der Waals surface area contributed by atoms with Crippen molar-refractivity contribution in [3.63, 3.8) is 0 Å². The van der Waals surface area contributed by atoms with E-state index < -0.39 is 6.04 Å². The van der Waals surface area contributed by atoms with Crippen LogP contribution in [0.2, 0.25) is 0 Å². The SMILES string of the molecule is CNC(=O)Cn1cc(NC(=O)[C@@H](C)N)cn1. The molecule has 7 nitrogen and oxygen atoms in total. The molecule has 1 aromatic rings. The Balaban J connectivity index is 2.58. The molecule has 16 heavy (non-hydrogen) atoms. The maximum Gasteiger partial charge on any atom is 0.241 e. The van der Waals surface area contributed by atoms with Crippen LogP contribution < -0.4 is 16.4 Å². The van der Waals surface area contributed by atoms with Gasteiger partial charge < -0.3 is 16.4 Å². The third-order valence-electron chi connectivity index (χ3n) is 1.90. The Hall–Kier alpha value is -1.89. The molecule has 0 unspecified atom stereocenters. The Kier molecular flexibility index (Phi) is 4.01. The van der Waals surface area contributed by atoms with Gasteiger partial charge in [0.05, 0.1) is 17.9 Å². The molecule has 1 aromatic heterocycles. The maximum absolute atomic E-state index is 11.2. The van der Waals surface area contributed by atoms with E-state index in [1.54, 1.807) is 20.2 Å². The van der Waals surface area contributed by atoms with E-state index in [1.165, 1.54) is 10.9 Å². The van der Waals surface area contributed by atoms with Gasteiger partial charge in [-0.1, -0.05) is 0 Å². The standard InChI is InChI=1S/C9H15N5O2/c1-6(10)9(16)13-7-3-12-14(4-7)5-8(15)11-2/h3-4,6H,5,10H2,1-2H3,(H,11,15)(H,13,16)/t6-/m1/s1. The molecule has 0 aliphatic carbocycles. The summed E-state index contributed by atoms with van der Waals surface area (Å²) < 4.78 is 1.43. The molecule has 0 saturated carbocycles. The minimum absolute atomic E-state index is 0.116. The molecule has 0 aromatic carbocycles. The van der Waals surface area contributed by atoms with Crippen LogP contribution in [0, 0.1) is 0 Å². The molecule has 0 aliphatic heterocycles. The molecule has 0 fully saturated rings. The average molecular weight is 225 g/mol.